The Morgan fingerprint density at radius 2 is 1.50 bits per heavy atom. The van der Waals surface area contributed by atoms with Crippen molar-refractivity contribution in [2.24, 2.45) is 23.7 Å². The molecule has 0 aliphatic heterocycles. The molecule has 2 bridgehead atoms. The van der Waals surface area contributed by atoms with E-state index in [1.54, 1.807) is 24.3 Å². The molecule has 2 aromatic carbocycles. The summed E-state index contributed by atoms with van der Waals surface area (Å²) in [6.07, 6.45) is 2.84. The predicted octanol–water partition coefficient (Wildman–Crippen LogP) is 4.27. The van der Waals surface area contributed by atoms with Gasteiger partial charge in [0.2, 0.25) is 0 Å². The van der Waals surface area contributed by atoms with E-state index in [1.807, 2.05) is 37.3 Å². The highest BCUT2D eigenvalue weighted by Crippen LogP contribution is 2.53. The molecule has 2 fully saturated rings. The van der Waals surface area contributed by atoms with Crippen LogP contribution >= 0.6 is 0 Å². The maximum atomic E-state index is 13.1. The third kappa shape index (κ3) is 3.51. The normalized spacial score (nSPS) is 25.5. The van der Waals surface area contributed by atoms with Gasteiger partial charge in [-0.25, -0.2) is 0 Å². The molecule has 2 aromatic rings. The first kappa shape index (κ1) is 18.6. The lowest BCUT2D eigenvalue weighted by Crippen LogP contribution is -2.36. The maximum absolute atomic E-state index is 13.1. The molecule has 4 nitrogen and oxygen atoms in total. The standard InChI is InChI=1S/C24H24O4/c1-15-7-9-16(10-8-15)20(25)14-28-24(27)22-19-12-11-18(13-19)21(22)23(26)17-5-3-2-4-6-17/h2-10,18-19,21-22H,11-14H2,1H3/t18-,19-,21-,22-/m0/s1. The number of ether oxygens (including phenoxy) is 1. The number of rotatable bonds is 6. The first-order valence-corrected chi connectivity index (χ1v) is 9.90. The molecule has 0 radical (unpaired) electrons. The highest BCUT2D eigenvalue weighted by Gasteiger charge is 2.54. The summed E-state index contributed by atoms with van der Waals surface area (Å²) in [4.78, 5) is 38.2. The fourth-order valence-corrected chi connectivity index (χ4v) is 4.86. The fourth-order valence-electron chi connectivity index (χ4n) is 4.86. The van der Waals surface area contributed by atoms with E-state index in [1.165, 1.54) is 0 Å². The Morgan fingerprint density at radius 1 is 0.857 bits per heavy atom. The summed E-state index contributed by atoms with van der Waals surface area (Å²) in [5, 5.41) is 0. The molecule has 0 saturated heterocycles. The van der Waals surface area contributed by atoms with Crippen molar-refractivity contribution in [3.05, 3.63) is 71.3 Å². The van der Waals surface area contributed by atoms with Gasteiger partial charge in [0.05, 0.1) is 5.92 Å². The summed E-state index contributed by atoms with van der Waals surface area (Å²) in [7, 11) is 0. The molecule has 2 saturated carbocycles. The minimum absolute atomic E-state index is 0.0274. The predicted molar refractivity (Wildman–Crippen MR) is 105 cm³/mol. The van der Waals surface area contributed by atoms with Gasteiger partial charge in [-0.1, -0.05) is 60.2 Å². The molecule has 28 heavy (non-hydrogen) atoms. The van der Waals surface area contributed by atoms with Crippen molar-refractivity contribution in [2.75, 3.05) is 6.61 Å². The Morgan fingerprint density at radius 3 is 2.18 bits per heavy atom. The highest BCUT2D eigenvalue weighted by molar-refractivity contribution is 6.01. The second kappa shape index (κ2) is 7.70. The minimum Gasteiger partial charge on any atom is -0.457 e. The van der Waals surface area contributed by atoms with Crippen LogP contribution in [0.15, 0.2) is 54.6 Å². The number of esters is 1. The summed E-state index contributed by atoms with van der Waals surface area (Å²) in [5.74, 6) is -0.933. The van der Waals surface area contributed by atoms with Crippen LogP contribution < -0.4 is 0 Å². The van der Waals surface area contributed by atoms with Gasteiger partial charge in [0.1, 0.15) is 0 Å². The minimum atomic E-state index is -0.433. The van der Waals surface area contributed by atoms with Gasteiger partial charge in [0.25, 0.3) is 0 Å². The van der Waals surface area contributed by atoms with Gasteiger partial charge >= 0.3 is 5.97 Å². The van der Waals surface area contributed by atoms with E-state index in [0.29, 0.717) is 11.1 Å². The van der Waals surface area contributed by atoms with Crippen LogP contribution in [0.1, 0.15) is 45.5 Å². The van der Waals surface area contributed by atoms with Crippen LogP contribution in [-0.4, -0.2) is 24.1 Å². The molecule has 4 atom stereocenters. The maximum Gasteiger partial charge on any atom is 0.310 e. The molecular formula is C24H24O4. The number of carbonyl (C=O) groups is 3. The van der Waals surface area contributed by atoms with E-state index in [2.05, 4.69) is 0 Å². The third-order valence-electron chi connectivity index (χ3n) is 6.27. The fraction of sp³-hybridized carbons (Fsp3) is 0.375. The Hall–Kier alpha value is -2.75. The van der Waals surface area contributed by atoms with Gasteiger partial charge in [-0.15, -0.1) is 0 Å². The number of carbonyl (C=O) groups excluding carboxylic acids is 3. The van der Waals surface area contributed by atoms with Crippen molar-refractivity contribution >= 4 is 17.5 Å². The van der Waals surface area contributed by atoms with Crippen LogP contribution in [0.4, 0.5) is 0 Å². The van der Waals surface area contributed by atoms with Crippen molar-refractivity contribution in [3.63, 3.8) is 0 Å². The molecule has 0 aromatic heterocycles. The number of benzene rings is 2. The summed E-state index contributed by atoms with van der Waals surface area (Å²) >= 11 is 0. The van der Waals surface area contributed by atoms with Gasteiger partial charge in [-0.05, 0) is 38.0 Å². The number of hydrogen-bond acceptors (Lipinski definition) is 4. The summed E-state index contributed by atoms with van der Waals surface area (Å²) in [5.41, 5.74) is 2.25. The number of aryl methyl sites for hydroxylation is 1. The average Bonchev–Trinajstić information content (AvgIpc) is 3.34. The van der Waals surface area contributed by atoms with E-state index >= 15 is 0 Å². The molecule has 0 heterocycles. The number of fused-ring (bicyclic) bond motifs is 2. The topological polar surface area (TPSA) is 60.4 Å². The van der Waals surface area contributed by atoms with E-state index in [4.69, 9.17) is 4.74 Å². The first-order valence-electron chi connectivity index (χ1n) is 9.90. The Balaban J connectivity index is 1.45. The van der Waals surface area contributed by atoms with Gasteiger partial charge in [-0.3, -0.25) is 14.4 Å². The van der Waals surface area contributed by atoms with Crippen molar-refractivity contribution in [1.29, 1.82) is 0 Å². The van der Waals surface area contributed by atoms with Gasteiger partial charge < -0.3 is 4.74 Å². The molecule has 4 heteroatoms. The van der Waals surface area contributed by atoms with Gasteiger partial charge in [-0.2, -0.15) is 0 Å². The second-order valence-electron chi connectivity index (χ2n) is 8.01. The van der Waals surface area contributed by atoms with Crippen LogP contribution in [-0.2, 0) is 9.53 Å². The number of hydrogen-bond donors (Lipinski definition) is 0. The zero-order valence-electron chi connectivity index (χ0n) is 16.0. The molecular weight excluding hydrogens is 352 g/mol. The molecule has 0 spiro atoms. The summed E-state index contributed by atoms with van der Waals surface area (Å²) in [6.45, 7) is 1.68. The summed E-state index contributed by atoms with van der Waals surface area (Å²) in [6, 6.07) is 16.4. The molecule has 4 rings (SSSR count). The highest BCUT2D eigenvalue weighted by atomic mass is 16.5. The SMILES string of the molecule is Cc1ccc(C(=O)COC(=O)[C@H]2[C@H]3CC[C@@H](C3)[C@@H]2C(=O)c2ccccc2)cc1. The van der Waals surface area contributed by atoms with E-state index in [-0.39, 0.29) is 35.9 Å². The zero-order valence-corrected chi connectivity index (χ0v) is 16.0. The van der Waals surface area contributed by atoms with Gasteiger partial charge in [0.15, 0.2) is 18.2 Å². The number of ketones is 2. The first-order chi connectivity index (χ1) is 13.5. The molecule has 0 N–H and O–H groups in total. The summed E-state index contributed by atoms with van der Waals surface area (Å²) < 4.78 is 5.40. The van der Waals surface area contributed by atoms with E-state index < -0.39 is 11.9 Å². The molecule has 0 unspecified atom stereocenters. The van der Waals surface area contributed by atoms with Crippen molar-refractivity contribution in [3.8, 4) is 0 Å². The smallest absolute Gasteiger partial charge is 0.310 e. The van der Waals surface area contributed by atoms with Crippen LogP contribution in [0, 0.1) is 30.6 Å². The largest absolute Gasteiger partial charge is 0.457 e. The number of Topliss-reactive ketones (excluding diaryl/α,β-unsaturated/α-hetero) is 2. The second-order valence-corrected chi connectivity index (χ2v) is 8.01. The Kier molecular flexibility index (Phi) is 5.12. The average molecular weight is 376 g/mol. The Labute approximate surface area is 164 Å². The molecule has 0 amide bonds. The van der Waals surface area contributed by atoms with Gasteiger partial charge in [0, 0.05) is 17.0 Å². The zero-order chi connectivity index (χ0) is 19.7. The third-order valence-corrected chi connectivity index (χ3v) is 6.27. The Bertz CT molecular complexity index is 885. The van der Waals surface area contributed by atoms with Crippen molar-refractivity contribution < 1.29 is 19.1 Å². The van der Waals surface area contributed by atoms with Crippen molar-refractivity contribution in [1.82, 2.24) is 0 Å². The van der Waals surface area contributed by atoms with E-state index in [0.717, 1.165) is 24.8 Å². The quantitative estimate of drug-likeness (QED) is 0.558. The van der Waals surface area contributed by atoms with E-state index in [9.17, 15) is 14.4 Å². The van der Waals surface area contributed by atoms with Crippen LogP contribution in [0.5, 0.6) is 0 Å². The van der Waals surface area contributed by atoms with Crippen LogP contribution in [0.25, 0.3) is 0 Å². The van der Waals surface area contributed by atoms with Crippen LogP contribution in [0.2, 0.25) is 0 Å². The van der Waals surface area contributed by atoms with Crippen LogP contribution in [0.3, 0.4) is 0 Å². The molecule has 2 aliphatic rings. The van der Waals surface area contributed by atoms with Crippen molar-refractivity contribution in [2.45, 2.75) is 26.2 Å². The molecule has 2 aliphatic carbocycles. The lowest BCUT2D eigenvalue weighted by molar-refractivity contribution is -0.150. The molecule has 144 valence electrons. The monoisotopic (exact) mass is 376 g/mol. The lowest BCUT2D eigenvalue weighted by Gasteiger charge is -2.28. The lowest BCUT2D eigenvalue weighted by atomic mass is 9.75.